The summed E-state index contributed by atoms with van der Waals surface area (Å²) < 4.78 is 0. The second kappa shape index (κ2) is 7.25. The van der Waals surface area contributed by atoms with E-state index in [1.54, 1.807) is 0 Å². The van der Waals surface area contributed by atoms with Gasteiger partial charge in [0, 0.05) is 17.5 Å². The van der Waals surface area contributed by atoms with Crippen molar-refractivity contribution in [1.29, 1.82) is 0 Å². The summed E-state index contributed by atoms with van der Waals surface area (Å²) >= 11 is 6.28. The molecule has 1 heterocycles. The minimum atomic E-state index is 0.0558. The molecule has 1 aliphatic heterocycles. The molecule has 2 N–H and O–H groups in total. The third kappa shape index (κ3) is 3.96. The molecule has 1 aromatic carbocycles. The molecule has 4 nitrogen and oxygen atoms in total. The van der Waals surface area contributed by atoms with Gasteiger partial charge in [0.05, 0.1) is 6.04 Å². The van der Waals surface area contributed by atoms with Gasteiger partial charge in [-0.2, -0.15) is 0 Å². The van der Waals surface area contributed by atoms with Crippen molar-refractivity contribution in [2.45, 2.75) is 13.0 Å². The van der Waals surface area contributed by atoms with Gasteiger partial charge in [-0.3, -0.25) is 4.79 Å². The van der Waals surface area contributed by atoms with Crippen LogP contribution < -0.4 is 10.6 Å². The maximum Gasteiger partial charge on any atom is 0.223 e. The summed E-state index contributed by atoms with van der Waals surface area (Å²) in [7, 11) is 4.00. The SMILES string of the molecule is CC(C(=O)NCC(c1ccccc1Cl)N(C)C)C1CNC1. The van der Waals surface area contributed by atoms with Gasteiger partial charge >= 0.3 is 0 Å². The molecule has 1 amide bonds. The molecule has 0 aromatic heterocycles. The molecule has 116 valence electrons. The smallest absolute Gasteiger partial charge is 0.223 e. The molecule has 1 saturated heterocycles. The van der Waals surface area contributed by atoms with Crippen LogP contribution >= 0.6 is 11.6 Å². The molecule has 2 unspecified atom stereocenters. The predicted molar refractivity (Wildman–Crippen MR) is 86.4 cm³/mol. The standard InChI is InChI=1S/C16H24ClN3O/c1-11(12-8-18-9-12)16(21)19-10-15(20(2)3)13-6-4-5-7-14(13)17/h4-7,11-12,15,18H,8-10H2,1-3H3,(H,19,21). The number of halogens is 1. The Kier molecular flexibility index (Phi) is 5.62. The molecule has 0 saturated carbocycles. The van der Waals surface area contributed by atoms with E-state index >= 15 is 0 Å². The summed E-state index contributed by atoms with van der Waals surface area (Å²) in [5.41, 5.74) is 1.04. The number of benzene rings is 1. The Labute approximate surface area is 131 Å². The second-order valence-corrected chi connectivity index (χ2v) is 6.36. The molecule has 1 aromatic rings. The number of rotatable bonds is 6. The second-order valence-electron chi connectivity index (χ2n) is 5.95. The Balaban J connectivity index is 1.97. The topological polar surface area (TPSA) is 44.4 Å². The lowest BCUT2D eigenvalue weighted by Crippen LogP contribution is -2.50. The van der Waals surface area contributed by atoms with Crippen LogP contribution in [0.15, 0.2) is 24.3 Å². The van der Waals surface area contributed by atoms with Gasteiger partial charge in [-0.05, 0) is 44.7 Å². The third-order valence-electron chi connectivity index (χ3n) is 4.29. The van der Waals surface area contributed by atoms with Crippen LogP contribution in [0.4, 0.5) is 0 Å². The van der Waals surface area contributed by atoms with Crippen molar-refractivity contribution in [2.75, 3.05) is 33.7 Å². The van der Waals surface area contributed by atoms with E-state index in [9.17, 15) is 4.79 Å². The van der Waals surface area contributed by atoms with Gasteiger partial charge in [-0.1, -0.05) is 36.7 Å². The van der Waals surface area contributed by atoms with Gasteiger partial charge in [0.25, 0.3) is 0 Å². The van der Waals surface area contributed by atoms with Crippen molar-refractivity contribution in [3.63, 3.8) is 0 Å². The number of hydrogen-bond donors (Lipinski definition) is 2. The fourth-order valence-corrected chi connectivity index (χ4v) is 2.81. The molecule has 0 bridgehead atoms. The van der Waals surface area contributed by atoms with Gasteiger partial charge in [-0.15, -0.1) is 0 Å². The highest BCUT2D eigenvalue weighted by atomic mass is 35.5. The lowest BCUT2D eigenvalue weighted by Gasteiger charge is -2.32. The minimum Gasteiger partial charge on any atom is -0.354 e. The van der Waals surface area contributed by atoms with E-state index in [4.69, 9.17) is 11.6 Å². The Bertz CT molecular complexity index is 488. The number of carbonyl (C=O) groups excluding carboxylic acids is 1. The van der Waals surface area contributed by atoms with Crippen molar-refractivity contribution in [3.8, 4) is 0 Å². The molecular weight excluding hydrogens is 286 g/mol. The average molecular weight is 310 g/mol. The van der Waals surface area contributed by atoms with Crippen molar-refractivity contribution < 1.29 is 4.79 Å². The van der Waals surface area contributed by atoms with Gasteiger partial charge in [0.2, 0.25) is 5.91 Å². The summed E-state index contributed by atoms with van der Waals surface area (Å²) in [6, 6.07) is 7.87. The first-order valence-corrected chi connectivity index (χ1v) is 7.77. The Morgan fingerprint density at radius 1 is 1.43 bits per heavy atom. The third-order valence-corrected chi connectivity index (χ3v) is 4.64. The van der Waals surface area contributed by atoms with Crippen LogP contribution in [-0.4, -0.2) is 44.5 Å². The molecule has 2 rings (SSSR count). The summed E-state index contributed by atoms with van der Waals surface area (Å²) in [4.78, 5) is 14.3. The lowest BCUT2D eigenvalue weighted by atomic mass is 9.88. The van der Waals surface area contributed by atoms with E-state index in [2.05, 4.69) is 15.5 Å². The molecule has 0 radical (unpaired) electrons. The number of hydrogen-bond acceptors (Lipinski definition) is 3. The molecule has 1 aliphatic rings. The number of likely N-dealkylation sites (N-methyl/N-ethyl adjacent to an activating group) is 1. The van der Waals surface area contributed by atoms with Crippen LogP contribution in [0.5, 0.6) is 0 Å². The van der Waals surface area contributed by atoms with Crippen molar-refractivity contribution >= 4 is 17.5 Å². The van der Waals surface area contributed by atoms with Gasteiger partial charge in [0.1, 0.15) is 0 Å². The summed E-state index contributed by atoms with van der Waals surface area (Å²) in [6.07, 6.45) is 0. The van der Waals surface area contributed by atoms with Crippen LogP contribution in [0, 0.1) is 11.8 Å². The highest BCUT2D eigenvalue weighted by Crippen LogP contribution is 2.25. The monoisotopic (exact) mass is 309 g/mol. The summed E-state index contributed by atoms with van der Waals surface area (Å²) in [6.45, 7) is 4.45. The van der Waals surface area contributed by atoms with E-state index in [0.717, 1.165) is 23.7 Å². The van der Waals surface area contributed by atoms with E-state index < -0.39 is 0 Å². The van der Waals surface area contributed by atoms with Crippen molar-refractivity contribution in [1.82, 2.24) is 15.5 Å². The fourth-order valence-electron chi connectivity index (χ4n) is 2.55. The van der Waals surface area contributed by atoms with Gasteiger partial charge < -0.3 is 15.5 Å². The Morgan fingerprint density at radius 3 is 2.62 bits per heavy atom. The largest absolute Gasteiger partial charge is 0.354 e. The highest BCUT2D eigenvalue weighted by molar-refractivity contribution is 6.31. The fraction of sp³-hybridized carbons (Fsp3) is 0.562. The van der Waals surface area contributed by atoms with Crippen molar-refractivity contribution in [3.05, 3.63) is 34.9 Å². The molecule has 1 fully saturated rings. The number of amides is 1. The van der Waals surface area contributed by atoms with Crippen LogP contribution in [-0.2, 0) is 4.79 Å². The molecule has 0 spiro atoms. The quantitative estimate of drug-likeness (QED) is 0.844. The first-order valence-electron chi connectivity index (χ1n) is 7.40. The van der Waals surface area contributed by atoms with E-state index in [1.807, 2.05) is 45.3 Å². The zero-order valence-corrected chi connectivity index (χ0v) is 13.7. The van der Waals surface area contributed by atoms with Crippen molar-refractivity contribution in [2.24, 2.45) is 11.8 Å². The highest BCUT2D eigenvalue weighted by Gasteiger charge is 2.29. The first-order chi connectivity index (χ1) is 10.0. The van der Waals surface area contributed by atoms with Gasteiger partial charge in [-0.25, -0.2) is 0 Å². The van der Waals surface area contributed by atoms with Gasteiger partial charge in [0.15, 0.2) is 0 Å². The van der Waals surface area contributed by atoms with E-state index in [-0.39, 0.29) is 17.9 Å². The number of carbonyl (C=O) groups is 1. The summed E-state index contributed by atoms with van der Waals surface area (Å²) in [5, 5.41) is 7.02. The summed E-state index contributed by atoms with van der Waals surface area (Å²) in [5.74, 6) is 0.642. The average Bonchev–Trinajstić information content (AvgIpc) is 2.38. The normalized spacial score (nSPS) is 18.1. The maximum atomic E-state index is 12.2. The predicted octanol–water partition coefficient (Wildman–Crippen LogP) is 1.91. The van der Waals surface area contributed by atoms with Crippen LogP contribution in [0.1, 0.15) is 18.5 Å². The Hall–Kier alpha value is -1.10. The minimum absolute atomic E-state index is 0.0558. The zero-order valence-electron chi connectivity index (χ0n) is 12.9. The van der Waals surface area contributed by atoms with Crippen LogP contribution in [0.2, 0.25) is 5.02 Å². The molecule has 21 heavy (non-hydrogen) atoms. The zero-order chi connectivity index (χ0) is 15.4. The lowest BCUT2D eigenvalue weighted by molar-refractivity contribution is -0.126. The van der Waals surface area contributed by atoms with Crippen LogP contribution in [0.3, 0.4) is 0 Å². The molecule has 0 aliphatic carbocycles. The molecule has 5 heteroatoms. The molecular formula is C16H24ClN3O. The number of nitrogens with zero attached hydrogens (tertiary/aromatic N) is 1. The first kappa shape index (κ1) is 16.3. The molecule has 2 atom stereocenters. The van der Waals surface area contributed by atoms with E-state index in [1.165, 1.54) is 0 Å². The maximum absolute atomic E-state index is 12.2. The number of nitrogens with one attached hydrogen (secondary N) is 2. The Morgan fingerprint density at radius 2 is 2.10 bits per heavy atom. The van der Waals surface area contributed by atoms with E-state index in [0.29, 0.717) is 12.5 Å². The van der Waals surface area contributed by atoms with Crippen LogP contribution in [0.25, 0.3) is 0 Å².